The number of piperazine rings is 1. The topological polar surface area (TPSA) is 41.3 Å². The molecule has 0 amide bonds. The average Bonchev–Trinajstić information content (AvgIpc) is 2.21. The van der Waals surface area contributed by atoms with Gasteiger partial charge in [-0.3, -0.25) is 4.90 Å². The summed E-state index contributed by atoms with van der Waals surface area (Å²) in [5.41, 5.74) is 5.78. The van der Waals surface area contributed by atoms with Crippen LogP contribution < -0.4 is 11.1 Å². The second-order valence-electron chi connectivity index (χ2n) is 3.82. The lowest BCUT2D eigenvalue weighted by molar-refractivity contribution is 0.167. The summed E-state index contributed by atoms with van der Waals surface area (Å²) in [6, 6.07) is 0.627. The van der Waals surface area contributed by atoms with Gasteiger partial charge in [-0.25, -0.2) is 0 Å². The van der Waals surface area contributed by atoms with Crippen molar-refractivity contribution in [3.63, 3.8) is 0 Å². The first-order valence-electron chi connectivity index (χ1n) is 5.53. The molecular formula is C10H23N3. The highest BCUT2D eigenvalue weighted by molar-refractivity contribution is 4.77. The van der Waals surface area contributed by atoms with Crippen LogP contribution in [0.1, 0.15) is 26.2 Å². The van der Waals surface area contributed by atoms with Gasteiger partial charge >= 0.3 is 0 Å². The van der Waals surface area contributed by atoms with E-state index in [2.05, 4.69) is 17.1 Å². The Morgan fingerprint density at radius 1 is 1.38 bits per heavy atom. The third kappa shape index (κ3) is 3.63. The summed E-state index contributed by atoms with van der Waals surface area (Å²) in [4.78, 5) is 2.53. The summed E-state index contributed by atoms with van der Waals surface area (Å²) in [6.45, 7) is 7.66. The fourth-order valence-electron chi connectivity index (χ4n) is 1.94. The average molecular weight is 185 g/mol. The van der Waals surface area contributed by atoms with Gasteiger partial charge in [-0.15, -0.1) is 0 Å². The first-order valence-corrected chi connectivity index (χ1v) is 5.53. The second-order valence-corrected chi connectivity index (χ2v) is 3.82. The Labute approximate surface area is 81.7 Å². The van der Waals surface area contributed by atoms with Crippen LogP contribution in [0.25, 0.3) is 0 Å². The van der Waals surface area contributed by atoms with Gasteiger partial charge in [0.25, 0.3) is 0 Å². The van der Waals surface area contributed by atoms with E-state index in [1.807, 2.05) is 0 Å². The molecule has 0 spiro atoms. The molecule has 1 saturated heterocycles. The smallest absolute Gasteiger partial charge is 0.0219 e. The van der Waals surface area contributed by atoms with Gasteiger partial charge in [0.15, 0.2) is 0 Å². The molecule has 3 heteroatoms. The number of nitrogens with zero attached hydrogens (tertiary/aromatic N) is 1. The van der Waals surface area contributed by atoms with Crippen LogP contribution in [0.4, 0.5) is 0 Å². The quantitative estimate of drug-likeness (QED) is 0.652. The Balaban J connectivity index is 2.26. The molecular weight excluding hydrogens is 162 g/mol. The van der Waals surface area contributed by atoms with Crippen molar-refractivity contribution >= 4 is 0 Å². The van der Waals surface area contributed by atoms with Crippen LogP contribution in [0.2, 0.25) is 0 Å². The van der Waals surface area contributed by atoms with Crippen LogP contribution >= 0.6 is 0 Å². The van der Waals surface area contributed by atoms with Gasteiger partial charge in [0.1, 0.15) is 0 Å². The lowest BCUT2D eigenvalue weighted by Gasteiger charge is -2.34. The molecule has 0 radical (unpaired) electrons. The number of hydrogen-bond donors (Lipinski definition) is 2. The highest BCUT2D eigenvalue weighted by Gasteiger charge is 2.17. The zero-order valence-electron chi connectivity index (χ0n) is 8.76. The van der Waals surface area contributed by atoms with Crippen LogP contribution in [0, 0.1) is 0 Å². The first kappa shape index (κ1) is 11.0. The molecule has 1 unspecified atom stereocenters. The maximum absolute atomic E-state index is 5.78. The lowest BCUT2D eigenvalue weighted by atomic mass is 10.1. The van der Waals surface area contributed by atoms with Gasteiger partial charge in [0, 0.05) is 38.8 Å². The van der Waals surface area contributed by atoms with Crippen molar-refractivity contribution in [2.45, 2.75) is 32.2 Å². The van der Waals surface area contributed by atoms with E-state index in [9.17, 15) is 0 Å². The summed E-state index contributed by atoms with van der Waals surface area (Å²) < 4.78 is 0. The molecule has 0 aromatic rings. The SMILES string of the molecule is CCCCC(CN)N1CCNCC1. The van der Waals surface area contributed by atoms with Gasteiger partial charge in [-0.1, -0.05) is 19.8 Å². The van der Waals surface area contributed by atoms with Crippen molar-refractivity contribution in [1.29, 1.82) is 0 Å². The largest absolute Gasteiger partial charge is 0.329 e. The predicted octanol–water partition coefficient (Wildman–Crippen LogP) is 0.409. The van der Waals surface area contributed by atoms with Crippen LogP contribution in [-0.4, -0.2) is 43.7 Å². The molecule has 0 saturated carbocycles. The van der Waals surface area contributed by atoms with Crippen molar-refractivity contribution in [3.05, 3.63) is 0 Å². The van der Waals surface area contributed by atoms with E-state index in [0.29, 0.717) is 6.04 Å². The Morgan fingerprint density at radius 3 is 2.62 bits per heavy atom. The molecule has 0 aromatic heterocycles. The van der Waals surface area contributed by atoms with E-state index in [1.165, 1.54) is 32.4 Å². The molecule has 1 atom stereocenters. The minimum absolute atomic E-state index is 0.627. The fraction of sp³-hybridized carbons (Fsp3) is 1.00. The molecule has 1 fully saturated rings. The summed E-state index contributed by atoms with van der Waals surface area (Å²) in [5.74, 6) is 0. The molecule has 1 rings (SSSR count). The van der Waals surface area contributed by atoms with Crippen LogP contribution in [0.15, 0.2) is 0 Å². The number of rotatable bonds is 5. The summed E-state index contributed by atoms with van der Waals surface area (Å²) >= 11 is 0. The maximum Gasteiger partial charge on any atom is 0.0219 e. The molecule has 3 nitrogen and oxygen atoms in total. The van der Waals surface area contributed by atoms with E-state index < -0.39 is 0 Å². The van der Waals surface area contributed by atoms with Gasteiger partial charge in [0.2, 0.25) is 0 Å². The number of hydrogen-bond acceptors (Lipinski definition) is 3. The molecule has 3 N–H and O–H groups in total. The standard InChI is InChI=1S/C10H23N3/c1-2-3-4-10(9-11)13-7-5-12-6-8-13/h10,12H,2-9,11H2,1H3. The van der Waals surface area contributed by atoms with Gasteiger partial charge in [-0.2, -0.15) is 0 Å². The minimum Gasteiger partial charge on any atom is -0.329 e. The predicted molar refractivity (Wildman–Crippen MR) is 56.8 cm³/mol. The first-order chi connectivity index (χ1) is 6.38. The van der Waals surface area contributed by atoms with E-state index >= 15 is 0 Å². The van der Waals surface area contributed by atoms with E-state index in [-0.39, 0.29) is 0 Å². The van der Waals surface area contributed by atoms with Crippen LogP contribution in [0.5, 0.6) is 0 Å². The second kappa shape index (κ2) is 6.35. The highest BCUT2D eigenvalue weighted by atomic mass is 15.2. The molecule has 1 heterocycles. The minimum atomic E-state index is 0.627. The molecule has 0 bridgehead atoms. The fourth-order valence-corrected chi connectivity index (χ4v) is 1.94. The van der Waals surface area contributed by atoms with Crippen molar-refractivity contribution < 1.29 is 0 Å². The van der Waals surface area contributed by atoms with Crippen LogP contribution in [-0.2, 0) is 0 Å². The van der Waals surface area contributed by atoms with E-state index in [0.717, 1.165) is 19.6 Å². The summed E-state index contributed by atoms with van der Waals surface area (Å²) in [6.07, 6.45) is 3.86. The summed E-state index contributed by atoms with van der Waals surface area (Å²) in [7, 11) is 0. The van der Waals surface area contributed by atoms with Gasteiger partial charge in [0.05, 0.1) is 0 Å². The molecule has 1 aliphatic heterocycles. The normalized spacial score (nSPS) is 21.7. The molecule has 1 aliphatic rings. The number of nitrogens with two attached hydrogens (primary N) is 1. The van der Waals surface area contributed by atoms with Gasteiger partial charge in [-0.05, 0) is 6.42 Å². The number of unbranched alkanes of at least 4 members (excludes halogenated alkanes) is 1. The molecule has 0 aliphatic carbocycles. The highest BCUT2D eigenvalue weighted by Crippen LogP contribution is 2.08. The van der Waals surface area contributed by atoms with Crippen molar-refractivity contribution in [2.24, 2.45) is 5.73 Å². The van der Waals surface area contributed by atoms with E-state index in [4.69, 9.17) is 5.73 Å². The Bertz CT molecular complexity index is 121. The van der Waals surface area contributed by atoms with Crippen molar-refractivity contribution in [1.82, 2.24) is 10.2 Å². The Kier molecular flexibility index (Phi) is 5.35. The monoisotopic (exact) mass is 185 g/mol. The van der Waals surface area contributed by atoms with Crippen LogP contribution in [0.3, 0.4) is 0 Å². The lowest BCUT2D eigenvalue weighted by Crippen LogP contribution is -2.50. The molecule has 13 heavy (non-hydrogen) atoms. The van der Waals surface area contributed by atoms with Crippen molar-refractivity contribution in [2.75, 3.05) is 32.7 Å². The zero-order valence-corrected chi connectivity index (χ0v) is 8.76. The van der Waals surface area contributed by atoms with E-state index in [1.54, 1.807) is 0 Å². The molecule has 78 valence electrons. The Hall–Kier alpha value is -0.120. The van der Waals surface area contributed by atoms with Crippen molar-refractivity contribution in [3.8, 4) is 0 Å². The Morgan fingerprint density at radius 2 is 2.08 bits per heavy atom. The maximum atomic E-state index is 5.78. The third-order valence-corrected chi connectivity index (χ3v) is 2.83. The number of nitrogens with one attached hydrogen (secondary N) is 1. The third-order valence-electron chi connectivity index (χ3n) is 2.83. The summed E-state index contributed by atoms with van der Waals surface area (Å²) in [5, 5.41) is 3.37. The van der Waals surface area contributed by atoms with Gasteiger partial charge < -0.3 is 11.1 Å². The zero-order chi connectivity index (χ0) is 9.52. The molecule has 0 aromatic carbocycles.